The number of aromatic nitrogens is 2. The maximum absolute atomic E-state index is 10.9. The van der Waals surface area contributed by atoms with Gasteiger partial charge in [-0.05, 0) is 43.3 Å². The Morgan fingerprint density at radius 3 is 2.42 bits per heavy atom. The van der Waals surface area contributed by atoms with E-state index in [1.54, 1.807) is 18.2 Å². The molecule has 1 aromatic heterocycles. The minimum absolute atomic E-state index is 0.230. The van der Waals surface area contributed by atoms with Crippen LogP contribution in [0, 0.1) is 0 Å². The predicted octanol–water partition coefficient (Wildman–Crippen LogP) is 4.06. The van der Waals surface area contributed by atoms with Gasteiger partial charge < -0.3 is 20.5 Å². The summed E-state index contributed by atoms with van der Waals surface area (Å²) in [5.41, 5.74) is 1.77. The third-order valence-corrected chi connectivity index (χ3v) is 3.52. The number of hydrogen-bond acceptors (Lipinski definition) is 6. The molecule has 0 aliphatic heterocycles. The monoisotopic (exact) mass is 350 g/mol. The van der Waals surface area contributed by atoms with Crippen LogP contribution < -0.4 is 15.4 Å². The normalized spacial score (nSPS) is 10.2. The lowest BCUT2D eigenvalue weighted by Gasteiger charge is -2.12. The first-order valence-electron chi connectivity index (χ1n) is 8.07. The number of carboxylic acid groups (broad SMARTS) is 1. The topological polar surface area (TPSA) is 96.4 Å². The molecule has 0 saturated carbocycles. The largest absolute Gasteiger partial charge is 0.492 e. The molecule has 0 spiro atoms. The van der Waals surface area contributed by atoms with Gasteiger partial charge in [-0.3, -0.25) is 0 Å². The number of benzene rings is 2. The zero-order valence-corrected chi connectivity index (χ0v) is 14.1. The van der Waals surface area contributed by atoms with Gasteiger partial charge in [0, 0.05) is 11.8 Å². The number of para-hydroxylation sites is 2. The summed E-state index contributed by atoms with van der Waals surface area (Å²) in [5.74, 6) is 0.974. The third-order valence-electron chi connectivity index (χ3n) is 3.52. The van der Waals surface area contributed by atoms with Gasteiger partial charge >= 0.3 is 5.97 Å². The predicted molar refractivity (Wildman–Crippen MR) is 99.6 cm³/mol. The van der Waals surface area contributed by atoms with Crippen LogP contribution in [0.3, 0.4) is 0 Å². The number of nitrogens with one attached hydrogen (secondary N) is 2. The van der Waals surface area contributed by atoms with Crippen molar-refractivity contribution in [3.63, 3.8) is 0 Å². The summed E-state index contributed by atoms with van der Waals surface area (Å²) < 4.78 is 5.60. The van der Waals surface area contributed by atoms with Gasteiger partial charge in [0.2, 0.25) is 0 Å². The average Bonchev–Trinajstić information content (AvgIpc) is 2.64. The van der Waals surface area contributed by atoms with E-state index in [0.29, 0.717) is 18.2 Å². The van der Waals surface area contributed by atoms with E-state index in [4.69, 9.17) is 9.84 Å². The summed E-state index contributed by atoms with van der Waals surface area (Å²) in [6.45, 7) is 2.50. The van der Waals surface area contributed by atoms with E-state index in [0.717, 1.165) is 17.1 Å². The maximum Gasteiger partial charge on any atom is 0.335 e. The summed E-state index contributed by atoms with van der Waals surface area (Å²) in [6.07, 6.45) is 1.44. The molecular weight excluding hydrogens is 332 g/mol. The number of rotatable bonds is 7. The molecule has 0 fully saturated rings. The molecule has 7 nitrogen and oxygen atoms in total. The Morgan fingerprint density at radius 1 is 1.04 bits per heavy atom. The lowest BCUT2D eigenvalue weighted by molar-refractivity contribution is 0.0697. The number of ether oxygens (including phenoxy) is 1. The van der Waals surface area contributed by atoms with Crippen LogP contribution in [0.2, 0.25) is 0 Å². The lowest BCUT2D eigenvalue weighted by atomic mass is 10.2. The van der Waals surface area contributed by atoms with Crippen LogP contribution in [0.25, 0.3) is 0 Å². The van der Waals surface area contributed by atoms with E-state index in [-0.39, 0.29) is 5.56 Å². The van der Waals surface area contributed by atoms with Gasteiger partial charge in [-0.1, -0.05) is 12.1 Å². The highest BCUT2D eigenvalue weighted by atomic mass is 16.5. The van der Waals surface area contributed by atoms with Gasteiger partial charge in [0.1, 0.15) is 23.7 Å². The molecule has 3 aromatic rings. The highest BCUT2D eigenvalue weighted by molar-refractivity contribution is 5.88. The van der Waals surface area contributed by atoms with Crippen LogP contribution in [0.4, 0.5) is 23.0 Å². The molecule has 1 heterocycles. The molecule has 0 bridgehead atoms. The van der Waals surface area contributed by atoms with Crippen LogP contribution in [0.15, 0.2) is 60.9 Å². The molecule has 3 N–H and O–H groups in total. The SMILES string of the molecule is CCOc1ccccc1Nc1cc(Nc2ccc(C(=O)O)cc2)ncn1. The van der Waals surface area contributed by atoms with Crippen molar-refractivity contribution in [3.05, 3.63) is 66.5 Å². The minimum Gasteiger partial charge on any atom is -0.492 e. The summed E-state index contributed by atoms with van der Waals surface area (Å²) >= 11 is 0. The fraction of sp³-hybridized carbons (Fsp3) is 0.105. The number of hydrogen-bond donors (Lipinski definition) is 3. The van der Waals surface area contributed by atoms with Crippen LogP contribution >= 0.6 is 0 Å². The molecule has 0 aliphatic rings. The third kappa shape index (κ3) is 4.27. The first-order chi connectivity index (χ1) is 12.7. The average molecular weight is 350 g/mol. The number of nitrogens with zero attached hydrogens (tertiary/aromatic N) is 2. The molecule has 7 heteroatoms. The second kappa shape index (κ2) is 7.98. The Labute approximate surface area is 150 Å². The quantitative estimate of drug-likeness (QED) is 0.591. The van der Waals surface area contributed by atoms with Gasteiger partial charge in [-0.2, -0.15) is 0 Å². The summed E-state index contributed by atoms with van der Waals surface area (Å²) in [6, 6.07) is 15.8. The van der Waals surface area contributed by atoms with Crippen molar-refractivity contribution >= 4 is 29.0 Å². The van der Waals surface area contributed by atoms with Crippen molar-refractivity contribution in [2.45, 2.75) is 6.92 Å². The molecule has 0 atom stereocenters. The summed E-state index contributed by atoms with van der Waals surface area (Å²) in [5, 5.41) is 15.3. The van der Waals surface area contributed by atoms with Gasteiger partial charge in [0.15, 0.2) is 0 Å². The van der Waals surface area contributed by atoms with Crippen LogP contribution in [0.5, 0.6) is 5.75 Å². The maximum atomic E-state index is 10.9. The summed E-state index contributed by atoms with van der Waals surface area (Å²) in [7, 11) is 0. The number of carboxylic acids is 1. The Hall–Kier alpha value is -3.61. The first kappa shape index (κ1) is 17.2. The number of anilines is 4. The molecule has 0 radical (unpaired) electrons. The van der Waals surface area contributed by atoms with E-state index in [1.165, 1.54) is 18.5 Å². The molecular formula is C19H18N4O3. The van der Waals surface area contributed by atoms with E-state index in [2.05, 4.69) is 20.6 Å². The smallest absolute Gasteiger partial charge is 0.335 e. The lowest BCUT2D eigenvalue weighted by Crippen LogP contribution is -2.01. The van der Waals surface area contributed by atoms with Crippen LogP contribution in [-0.2, 0) is 0 Å². The van der Waals surface area contributed by atoms with E-state index in [1.807, 2.05) is 31.2 Å². The highest BCUT2D eigenvalue weighted by Crippen LogP contribution is 2.27. The fourth-order valence-corrected chi connectivity index (χ4v) is 2.33. The zero-order valence-electron chi connectivity index (χ0n) is 14.1. The van der Waals surface area contributed by atoms with Crippen molar-refractivity contribution in [1.82, 2.24) is 9.97 Å². The van der Waals surface area contributed by atoms with Crippen molar-refractivity contribution < 1.29 is 14.6 Å². The molecule has 2 aromatic carbocycles. The van der Waals surface area contributed by atoms with Gasteiger partial charge in [-0.15, -0.1) is 0 Å². The zero-order chi connectivity index (χ0) is 18.4. The Kier molecular flexibility index (Phi) is 5.28. The van der Waals surface area contributed by atoms with E-state index >= 15 is 0 Å². The molecule has 0 amide bonds. The molecule has 0 saturated heterocycles. The van der Waals surface area contributed by atoms with Crippen LogP contribution in [0.1, 0.15) is 17.3 Å². The number of carbonyl (C=O) groups is 1. The van der Waals surface area contributed by atoms with Crippen molar-refractivity contribution in [2.24, 2.45) is 0 Å². The second-order valence-corrected chi connectivity index (χ2v) is 5.35. The first-order valence-corrected chi connectivity index (χ1v) is 8.07. The second-order valence-electron chi connectivity index (χ2n) is 5.35. The molecule has 132 valence electrons. The minimum atomic E-state index is -0.960. The molecule has 0 unspecified atom stereocenters. The molecule has 26 heavy (non-hydrogen) atoms. The van der Waals surface area contributed by atoms with Crippen molar-refractivity contribution in [1.29, 1.82) is 0 Å². The van der Waals surface area contributed by atoms with E-state index in [9.17, 15) is 4.79 Å². The molecule has 0 aliphatic carbocycles. The van der Waals surface area contributed by atoms with E-state index < -0.39 is 5.97 Å². The van der Waals surface area contributed by atoms with Gasteiger partial charge in [-0.25, -0.2) is 14.8 Å². The Bertz CT molecular complexity index is 897. The fourth-order valence-electron chi connectivity index (χ4n) is 2.33. The standard InChI is InChI=1S/C19H18N4O3/c1-2-26-16-6-4-3-5-15(16)23-18-11-17(20-12-21-18)22-14-9-7-13(8-10-14)19(24)25/h3-12H,2H2,1H3,(H,24,25)(H2,20,21,22,23). The summed E-state index contributed by atoms with van der Waals surface area (Å²) in [4.78, 5) is 19.3. The number of aromatic carboxylic acids is 1. The van der Waals surface area contributed by atoms with Crippen molar-refractivity contribution in [2.75, 3.05) is 17.2 Å². The Balaban J connectivity index is 1.75. The Morgan fingerprint density at radius 2 is 1.73 bits per heavy atom. The van der Waals surface area contributed by atoms with Gasteiger partial charge in [0.05, 0.1) is 17.9 Å². The highest BCUT2D eigenvalue weighted by Gasteiger charge is 2.06. The van der Waals surface area contributed by atoms with Crippen molar-refractivity contribution in [3.8, 4) is 5.75 Å². The molecule has 3 rings (SSSR count). The van der Waals surface area contributed by atoms with Gasteiger partial charge in [0.25, 0.3) is 0 Å². The van der Waals surface area contributed by atoms with Crippen LogP contribution in [-0.4, -0.2) is 27.7 Å².